The number of nitrogens with zero attached hydrogens (tertiary/aromatic N) is 3. The fraction of sp³-hybridized carbons (Fsp3) is 0.444. The van der Waals surface area contributed by atoms with Gasteiger partial charge in [0.1, 0.15) is 12.4 Å². The van der Waals surface area contributed by atoms with E-state index >= 15 is 0 Å². The minimum Gasteiger partial charge on any atom is -0.492 e. The van der Waals surface area contributed by atoms with E-state index in [1.165, 1.54) is 4.88 Å². The predicted molar refractivity (Wildman–Crippen MR) is 101 cm³/mol. The van der Waals surface area contributed by atoms with Crippen LogP contribution in [-0.2, 0) is 6.42 Å². The second-order valence-corrected chi connectivity index (χ2v) is 6.75. The Morgan fingerprint density at radius 1 is 1.33 bits per heavy atom. The summed E-state index contributed by atoms with van der Waals surface area (Å²) >= 11 is 1.74. The highest BCUT2D eigenvalue weighted by Crippen LogP contribution is 2.11. The van der Waals surface area contributed by atoms with Gasteiger partial charge in [-0.25, -0.2) is 4.98 Å². The Hall–Kier alpha value is -2.08. The molecular weight excluding hydrogens is 320 g/mol. The van der Waals surface area contributed by atoms with Gasteiger partial charge in [-0.05, 0) is 26.0 Å². The third-order valence-corrected chi connectivity index (χ3v) is 4.36. The maximum absolute atomic E-state index is 5.75. The number of aliphatic imine (C=N–C) groups is 1. The van der Waals surface area contributed by atoms with Gasteiger partial charge in [-0.15, -0.1) is 11.3 Å². The van der Waals surface area contributed by atoms with Gasteiger partial charge in [-0.2, -0.15) is 0 Å². The topological polar surface area (TPSA) is 49.8 Å². The van der Waals surface area contributed by atoms with Crippen molar-refractivity contribution in [1.29, 1.82) is 0 Å². The van der Waals surface area contributed by atoms with Gasteiger partial charge in [-0.3, -0.25) is 4.99 Å². The Balaban J connectivity index is 1.80. The zero-order valence-corrected chi connectivity index (χ0v) is 15.5. The van der Waals surface area contributed by atoms with Crippen LogP contribution in [0, 0.1) is 6.92 Å². The van der Waals surface area contributed by atoms with E-state index in [1.54, 1.807) is 11.3 Å². The number of thiazole rings is 1. The first-order valence-corrected chi connectivity index (χ1v) is 9.09. The molecule has 1 heterocycles. The molecular formula is C18H26N4OS. The van der Waals surface area contributed by atoms with Crippen LogP contribution >= 0.6 is 11.3 Å². The van der Waals surface area contributed by atoms with Crippen LogP contribution in [0.3, 0.4) is 0 Å². The lowest BCUT2D eigenvalue weighted by molar-refractivity contribution is 0.281. The third kappa shape index (κ3) is 6.20. The molecule has 0 aliphatic rings. The van der Waals surface area contributed by atoms with Crippen molar-refractivity contribution in [2.24, 2.45) is 4.99 Å². The molecule has 0 aliphatic carbocycles. The standard InChI is InChI=1S/C18H26N4OS/c1-4-19-18(20-11-10-17-21-14-15(2)24-17)22(3)12-13-23-16-8-6-5-7-9-16/h5-9,14H,4,10-13H2,1-3H3,(H,19,20). The van der Waals surface area contributed by atoms with Gasteiger partial charge in [0, 0.05) is 37.6 Å². The lowest BCUT2D eigenvalue weighted by Crippen LogP contribution is -2.41. The van der Waals surface area contributed by atoms with Gasteiger partial charge in [-0.1, -0.05) is 18.2 Å². The number of benzene rings is 1. The fourth-order valence-electron chi connectivity index (χ4n) is 2.17. The molecule has 24 heavy (non-hydrogen) atoms. The number of ether oxygens (including phenoxy) is 1. The predicted octanol–water partition coefficient (Wildman–Crippen LogP) is 2.97. The smallest absolute Gasteiger partial charge is 0.193 e. The van der Waals surface area contributed by atoms with Crippen molar-refractivity contribution in [2.45, 2.75) is 20.3 Å². The molecule has 6 heteroatoms. The molecule has 0 atom stereocenters. The zero-order chi connectivity index (χ0) is 17.2. The molecule has 130 valence electrons. The molecule has 0 bridgehead atoms. The molecule has 0 fully saturated rings. The minimum absolute atomic E-state index is 0.622. The molecule has 0 radical (unpaired) electrons. The highest BCUT2D eigenvalue weighted by Gasteiger charge is 2.06. The Bertz CT molecular complexity index is 627. The van der Waals surface area contributed by atoms with E-state index in [9.17, 15) is 0 Å². The van der Waals surface area contributed by atoms with Crippen LogP contribution < -0.4 is 10.1 Å². The lowest BCUT2D eigenvalue weighted by Gasteiger charge is -2.22. The Morgan fingerprint density at radius 3 is 2.79 bits per heavy atom. The van der Waals surface area contributed by atoms with Crippen molar-refractivity contribution in [3.63, 3.8) is 0 Å². The monoisotopic (exact) mass is 346 g/mol. The molecule has 0 saturated heterocycles. The number of rotatable bonds is 8. The zero-order valence-electron chi connectivity index (χ0n) is 14.7. The maximum atomic E-state index is 5.75. The van der Waals surface area contributed by atoms with Crippen LogP contribution in [0.5, 0.6) is 5.75 Å². The van der Waals surface area contributed by atoms with E-state index in [2.05, 4.69) is 34.0 Å². The van der Waals surface area contributed by atoms with Crippen LogP contribution in [0.4, 0.5) is 0 Å². The summed E-state index contributed by atoms with van der Waals surface area (Å²) in [7, 11) is 2.03. The average molecular weight is 347 g/mol. The van der Waals surface area contributed by atoms with Gasteiger partial charge in [0.05, 0.1) is 11.6 Å². The van der Waals surface area contributed by atoms with Gasteiger partial charge in [0.2, 0.25) is 0 Å². The minimum atomic E-state index is 0.622. The first-order chi connectivity index (χ1) is 11.7. The van der Waals surface area contributed by atoms with E-state index in [1.807, 2.05) is 43.6 Å². The summed E-state index contributed by atoms with van der Waals surface area (Å²) in [4.78, 5) is 12.4. The van der Waals surface area contributed by atoms with Crippen LogP contribution in [0.1, 0.15) is 16.8 Å². The molecule has 5 nitrogen and oxygen atoms in total. The number of hydrogen-bond donors (Lipinski definition) is 1. The third-order valence-electron chi connectivity index (χ3n) is 3.39. The van der Waals surface area contributed by atoms with Crippen molar-refractivity contribution in [3.05, 3.63) is 46.4 Å². The van der Waals surface area contributed by atoms with Crippen LogP contribution in [0.2, 0.25) is 0 Å². The SMILES string of the molecule is CCNC(=NCCc1ncc(C)s1)N(C)CCOc1ccccc1. The highest BCUT2D eigenvalue weighted by atomic mass is 32.1. The van der Waals surface area contributed by atoms with Crippen LogP contribution in [0.15, 0.2) is 41.5 Å². The van der Waals surface area contributed by atoms with E-state index in [-0.39, 0.29) is 0 Å². The molecule has 1 aromatic heterocycles. The van der Waals surface area contributed by atoms with Crippen molar-refractivity contribution >= 4 is 17.3 Å². The number of hydrogen-bond acceptors (Lipinski definition) is 4. The summed E-state index contributed by atoms with van der Waals surface area (Å²) in [6.07, 6.45) is 2.80. The molecule has 1 aromatic carbocycles. The summed E-state index contributed by atoms with van der Waals surface area (Å²) in [5, 5.41) is 4.47. The van der Waals surface area contributed by atoms with Crippen LogP contribution in [-0.4, -0.2) is 49.1 Å². The quantitative estimate of drug-likeness (QED) is 0.590. The summed E-state index contributed by atoms with van der Waals surface area (Å²) in [6, 6.07) is 9.87. The Kier molecular flexibility index (Phi) is 7.55. The summed E-state index contributed by atoms with van der Waals surface area (Å²) < 4.78 is 5.75. The van der Waals surface area contributed by atoms with E-state index < -0.39 is 0 Å². The normalized spacial score (nSPS) is 11.4. The molecule has 1 N–H and O–H groups in total. The first-order valence-electron chi connectivity index (χ1n) is 8.27. The molecule has 0 unspecified atom stereocenters. The molecule has 2 aromatic rings. The number of nitrogens with one attached hydrogen (secondary N) is 1. The highest BCUT2D eigenvalue weighted by molar-refractivity contribution is 7.11. The van der Waals surface area contributed by atoms with Crippen molar-refractivity contribution in [3.8, 4) is 5.75 Å². The van der Waals surface area contributed by atoms with E-state index in [0.29, 0.717) is 6.61 Å². The second-order valence-electron chi connectivity index (χ2n) is 5.43. The van der Waals surface area contributed by atoms with E-state index in [0.717, 1.165) is 42.8 Å². The number of aromatic nitrogens is 1. The first kappa shape index (κ1) is 18.3. The maximum Gasteiger partial charge on any atom is 0.193 e. The number of guanidine groups is 1. The Labute approximate surface area is 148 Å². The van der Waals surface area contributed by atoms with Crippen LogP contribution in [0.25, 0.3) is 0 Å². The number of likely N-dealkylation sites (N-methyl/N-ethyl adjacent to an activating group) is 1. The van der Waals surface area contributed by atoms with Gasteiger partial charge >= 0.3 is 0 Å². The summed E-state index contributed by atoms with van der Waals surface area (Å²) in [5.74, 6) is 1.80. The molecule has 0 spiro atoms. The molecule has 2 rings (SSSR count). The number of aryl methyl sites for hydroxylation is 1. The molecule has 0 aliphatic heterocycles. The molecule has 0 saturated carbocycles. The van der Waals surface area contributed by atoms with Gasteiger partial charge in [0.15, 0.2) is 5.96 Å². The van der Waals surface area contributed by atoms with Gasteiger partial charge < -0.3 is 15.0 Å². The molecule has 0 amide bonds. The van der Waals surface area contributed by atoms with Crippen molar-refractivity contribution in [1.82, 2.24) is 15.2 Å². The second kappa shape index (κ2) is 9.93. The fourth-order valence-corrected chi connectivity index (χ4v) is 2.94. The van der Waals surface area contributed by atoms with Crippen molar-refractivity contribution < 1.29 is 4.74 Å². The average Bonchev–Trinajstić information content (AvgIpc) is 3.00. The van der Waals surface area contributed by atoms with Gasteiger partial charge in [0.25, 0.3) is 0 Å². The summed E-state index contributed by atoms with van der Waals surface area (Å²) in [6.45, 7) is 7.13. The summed E-state index contributed by atoms with van der Waals surface area (Å²) in [5.41, 5.74) is 0. The number of para-hydroxylation sites is 1. The largest absolute Gasteiger partial charge is 0.492 e. The lowest BCUT2D eigenvalue weighted by atomic mass is 10.3. The van der Waals surface area contributed by atoms with E-state index in [4.69, 9.17) is 4.74 Å². The van der Waals surface area contributed by atoms with Crippen molar-refractivity contribution in [2.75, 3.05) is 33.3 Å². The Morgan fingerprint density at radius 2 is 2.12 bits per heavy atom.